The maximum Gasteiger partial charge on any atom is 0.243 e. The highest BCUT2D eigenvalue weighted by molar-refractivity contribution is 7.92. The molecule has 0 aliphatic heterocycles. The molecule has 0 saturated carbocycles. The molecule has 0 aliphatic carbocycles. The number of hydrogen-bond donors (Lipinski definition) is 1. The van der Waals surface area contributed by atoms with Crippen LogP contribution in [0.3, 0.4) is 0 Å². The van der Waals surface area contributed by atoms with Crippen LogP contribution in [0.5, 0.6) is 0 Å². The Morgan fingerprint density at radius 3 is 2.24 bits per heavy atom. The third-order valence-electron chi connectivity index (χ3n) is 6.30. The van der Waals surface area contributed by atoms with Gasteiger partial charge in [-0.15, -0.1) is 0 Å². The average molecular weight is 627 g/mol. The minimum absolute atomic E-state index is 0.0450. The van der Waals surface area contributed by atoms with E-state index in [1.807, 2.05) is 30.3 Å². The van der Waals surface area contributed by atoms with Gasteiger partial charge in [0, 0.05) is 38.5 Å². The highest BCUT2D eigenvalue weighted by Crippen LogP contribution is 2.25. The molecule has 1 N–H and O–H groups in total. The lowest BCUT2D eigenvalue weighted by molar-refractivity contribution is -0.141. The Labute approximate surface area is 249 Å². The van der Waals surface area contributed by atoms with Gasteiger partial charge in [-0.2, -0.15) is 0 Å². The number of anilines is 1. The summed E-state index contributed by atoms with van der Waals surface area (Å²) >= 11 is 12.3. The van der Waals surface area contributed by atoms with Crippen LogP contribution in [0, 0.1) is 11.6 Å². The maximum absolute atomic E-state index is 13.8. The predicted octanol–water partition coefficient (Wildman–Crippen LogP) is 5.59. The van der Waals surface area contributed by atoms with E-state index >= 15 is 0 Å². The number of hydrogen-bond acceptors (Lipinski definition) is 4. The van der Waals surface area contributed by atoms with Gasteiger partial charge in [-0.3, -0.25) is 13.9 Å². The van der Waals surface area contributed by atoms with Gasteiger partial charge in [0.2, 0.25) is 21.8 Å². The number of amides is 2. The second-order valence-corrected chi connectivity index (χ2v) is 12.1. The monoisotopic (exact) mass is 625 g/mol. The van der Waals surface area contributed by atoms with Crippen LogP contribution in [-0.4, -0.2) is 50.5 Å². The third kappa shape index (κ3) is 9.14. The molecule has 0 heterocycles. The SMILES string of the molecule is CCNC(=O)[C@H](Cc1ccccc1)N(Cc1ccc(Cl)c(Cl)c1)C(=O)CCCN(c1ccc(F)c(F)c1)S(C)(=O)=O. The van der Waals surface area contributed by atoms with E-state index in [1.54, 1.807) is 25.1 Å². The number of rotatable bonds is 13. The Morgan fingerprint density at radius 2 is 1.63 bits per heavy atom. The summed E-state index contributed by atoms with van der Waals surface area (Å²) in [6.07, 6.45) is 1.11. The summed E-state index contributed by atoms with van der Waals surface area (Å²) in [6.45, 7) is 2.02. The second kappa shape index (κ2) is 14.6. The summed E-state index contributed by atoms with van der Waals surface area (Å²) in [6, 6.07) is 16.1. The van der Waals surface area contributed by atoms with Crippen molar-refractivity contribution >= 4 is 50.7 Å². The molecular weight excluding hydrogens is 595 g/mol. The van der Waals surface area contributed by atoms with Crippen molar-refractivity contribution < 1.29 is 26.8 Å². The standard InChI is InChI=1S/C29H31Cl2F2N3O4S/c1-3-34-29(38)27(17-20-8-5-4-6-9-20)35(19-21-11-13-23(30)24(31)16-21)28(37)10-7-15-36(41(2,39)40)22-12-14-25(32)26(33)18-22/h4-6,8-9,11-14,16,18,27H,3,7,10,15,17,19H2,1-2H3,(H,34,38)/t27-/m0/s1. The van der Waals surface area contributed by atoms with Gasteiger partial charge in [-0.25, -0.2) is 17.2 Å². The quantitative estimate of drug-likeness (QED) is 0.268. The molecule has 2 amide bonds. The minimum atomic E-state index is -3.87. The Morgan fingerprint density at radius 1 is 0.927 bits per heavy atom. The molecular formula is C29H31Cl2F2N3O4S. The van der Waals surface area contributed by atoms with E-state index in [4.69, 9.17) is 23.2 Å². The van der Waals surface area contributed by atoms with E-state index in [0.29, 0.717) is 22.2 Å². The minimum Gasteiger partial charge on any atom is -0.355 e. The summed E-state index contributed by atoms with van der Waals surface area (Å²) < 4.78 is 53.1. The van der Waals surface area contributed by atoms with Crippen LogP contribution in [0.25, 0.3) is 0 Å². The van der Waals surface area contributed by atoms with Gasteiger partial charge in [-0.05, 0) is 48.7 Å². The molecule has 220 valence electrons. The zero-order valence-electron chi connectivity index (χ0n) is 22.6. The van der Waals surface area contributed by atoms with Crippen LogP contribution in [-0.2, 0) is 32.6 Å². The van der Waals surface area contributed by atoms with Crippen molar-refractivity contribution in [3.05, 3.63) is 99.5 Å². The largest absolute Gasteiger partial charge is 0.355 e. The summed E-state index contributed by atoms with van der Waals surface area (Å²) in [4.78, 5) is 28.4. The average Bonchev–Trinajstić information content (AvgIpc) is 2.92. The lowest BCUT2D eigenvalue weighted by Gasteiger charge is -2.32. The number of sulfonamides is 1. The molecule has 3 rings (SSSR count). The van der Waals surface area contributed by atoms with Gasteiger partial charge in [0.15, 0.2) is 11.6 Å². The molecule has 0 saturated heterocycles. The molecule has 12 heteroatoms. The maximum atomic E-state index is 13.8. The van der Waals surface area contributed by atoms with Gasteiger partial charge < -0.3 is 10.2 Å². The van der Waals surface area contributed by atoms with Gasteiger partial charge >= 0.3 is 0 Å². The lowest BCUT2D eigenvalue weighted by atomic mass is 10.0. The number of carbonyl (C=O) groups excluding carboxylic acids is 2. The fourth-order valence-electron chi connectivity index (χ4n) is 4.32. The fourth-order valence-corrected chi connectivity index (χ4v) is 5.60. The Kier molecular flexibility index (Phi) is 11.5. The molecule has 0 fully saturated rings. The van der Waals surface area contributed by atoms with Gasteiger partial charge in [-0.1, -0.05) is 59.6 Å². The first-order valence-electron chi connectivity index (χ1n) is 12.9. The molecule has 3 aromatic carbocycles. The first kappa shape index (κ1) is 32.3. The smallest absolute Gasteiger partial charge is 0.243 e. The molecule has 0 spiro atoms. The summed E-state index contributed by atoms with van der Waals surface area (Å²) in [5.74, 6) is -3.04. The second-order valence-electron chi connectivity index (χ2n) is 9.41. The van der Waals surface area contributed by atoms with Crippen molar-refractivity contribution in [3.8, 4) is 0 Å². The van der Waals surface area contributed by atoms with Crippen molar-refractivity contribution in [1.29, 1.82) is 0 Å². The topological polar surface area (TPSA) is 86.8 Å². The first-order valence-corrected chi connectivity index (χ1v) is 15.5. The zero-order chi connectivity index (χ0) is 30.2. The number of benzene rings is 3. The van der Waals surface area contributed by atoms with Crippen LogP contribution in [0.15, 0.2) is 66.7 Å². The Hall–Kier alpha value is -3.21. The van der Waals surface area contributed by atoms with E-state index in [1.165, 1.54) is 4.90 Å². The zero-order valence-corrected chi connectivity index (χ0v) is 24.9. The number of nitrogens with one attached hydrogen (secondary N) is 1. The fraction of sp³-hybridized carbons (Fsp3) is 0.310. The summed E-state index contributed by atoms with van der Waals surface area (Å²) in [7, 11) is -3.87. The number of nitrogens with zero attached hydrogens (tertiary/aromatic N) is 2. The van der Waals surface area contributed by atoms with Crippen LogP contribution < -0.4 is 9.62 Å². The van der Waals surface area contributed by atoms with E-state index in [-0.39, 0.29) is 43.9 Å². The van der Waals surface area contributed by atoms with Crippen LogP contribution in [0.2, 0.25) is 10.0 Å². The number of carbonyl (C=O) groups is 2. The van der Waals surface area contributed by atoms with Crippen molar-refractivity contribution in [2.45, 2.75) is 38.8 Å². The molecule has 0 unspecified atom stereocenters. The molecule has 0 aliphatic rings. The number of halogens is 4. The van der Waals surface area contributed by atoms with Crippen molar-refractivity contribution in [2.24, 2.45) is 0 Å². The van der Waals surface area contributed by atoms with E-state index in [9.17, 15) is 26.8 Å². The summed E-state index contributed by atoms with van der Waals surface area (Å²) in [5.41, 5.74) is 1.43. The summed E-state index contributed by atoms with van der Waals surface area (Å²) in [5, 5.41) is 3.44. The van der Waals surface area contributed by atoms with E-state index in [0.717, 1.165) is 34.3 Å². The van der Waals surface area contributed by atoms with Gasteiger partial charge in [0.05, 0.1) is 22.0 Å². The normalized spacial score (nSPS) is 12.0. The number of likely N-dealkylation sites (N-methyl/N-ethyl adjacent to an activating group) is 1. The predicted molar refractivity (Wildman–Crippen MR) is 157 cm³/mol. The van der Waals surface area contributed by atoms with Crippen LogP contribution >= 0.6 is 23.2 Å². The molecule has 1 atom stereocenters. The van der Waals surface area contributed by atoms with Crippen molar-refractivity contribution in [1.82, 2.24) is 10.2 Å². The van der Waals surface area contributed by atoms with Crippen LogP contribution in [0.4, 0.5) is 14.5 Å². The first-order chi connectivity index (χ1) is 19.4. The van der Waals surface area contributed by atoms with Crippen molar-refractivity contribution in [2.75, 3.05) is 23.7 Å². The molecule has 0 bridgehead atoms. The Bertz CT molecular complexity index is 1480. The van der Waals surface area contributed by atoms with E-state index < -0.39 is 33.6 Å². The van der Waals surface area contributed by atoms with E-state index in [2.05, 4.69) is 5.32 Å². The highest BCUT2D eigenvalue weighted by atomic mass is 35.5. The van der Waals surface area contributed by atoms with Gasteiger partial charge in [0.25, 0.3) is 0 Å². The lowest BCUT2D eigenvalue weighted by Crippen LogP contribution is -2.50. The molecule has 0 aromatic heterocycles. The molecule has 7 nitrogen and oxygen atoms in total. The molecule has 41 heavy (non-hydrogen) atoms. The molecule has 0 radical (unpaired) electrons. The Balaban J connectivity index is 1.89. The van der Waals surface area contributed by atoms with Crippen LogP contribution in [0.1, 0.15) is 30.9 Å². The van der Waals surface area contributed by atoms with Gasteiger partial charge in [0.1, 0.15) is 6.04 Å². The van der Waals surface area contributed by atoms with Crippen molar-refractivity contribution in [3.63, 3.8) is 0 Å². The molecule has 3 aromatic rings. The highest BCUT2D eigenvalue weighted by Gasteiger charge is 2.30. The third-order valence-corrected chi connectivity index (χ3v) is 8.24.